The van der Waals surface area contributed by atoms with Gasteiger partial charge in [0.2, 0.25) is 0 Å². The summed E-state index contributed by atoms with van der Waals surface area (Å²) in [7, 11) is 0. The molecule has 74 valence electrons. The summed E-state index contributed by atoms with van der Waals surface area (Å²) in [5, 5.41) is 0.768. The molecule has 0 aliphatic rings. The molecule has 0 unspecified atom stereocenters. The number of halogens is 2. The summed E-state index contributed by atoms with van der Waals surface area (Å²) in [6.07, 6.45) is -2.43. The highest BCUT2D eigenvalue weighted by Gasteiger charge is 2.13. The second kappa shape index (κ2) is 3.40. The van der Waals surface area contributed by atoms with E-state index in [4.69, 9.17) is 5.73 Å². The molecule has 1 nitrogen and oxygen atoms in total. The van der Waals surface area contributed by atoms with Crippen molar-refractivity contribution < 1.29 is 8.78 Å². The number of hydrogen-bond acceptors (Lipinski definition) is 3. The zero-order valence-electron chi connectivity index (χ0n) is 7.00. The Morgan fingerprint density at radius 1 is 1.36 bits per heavy atom. The molecule has 14 heavy (non-hydrogen) atoms. The molecule has 0 saturated carbocycles. The minimum Gasteiger partial charge on any atom is -0.398 e. The van der Waals surface area contributed by atoms with Gasteiger partial charge in [0.25, 0.3) is 6.43 Å². The van der Waals surface area contributed by atoms with E-state index in [0.717, 1.165) is 21.4 Å². The Labute approximate surface area is 88.9 Å². The van der Waals surface area contributed by atoms with Crippen LogP contribution < -0.4 is 5.73 Å². The number of thiophene rings is 1. The van der Waals surface area contributed by atoms with Crippen molar-refractivity contribution in [2.24, 2.45) is 0 Å². The van der Waals surface area contributed by atoms with Crippen molar-refractivity contribution >= 4 is 39.7 Å². The van der Waals surface area contributed by atoms with Crippen LogP contribution in [0, 0.1) is 0 Å². The SMILES string of the molecule is Nc1ccc2cc(C(F)F)sc2c1S. The number of fused-ring (bicyclic) bond motifs is 1. The highest BCUT2D eigenvalue weighted by Crippen LogP contribution is 2.37. The number of nitrogen functional groups attached to an aromatic ring is 1. The average molecular weight is 231 g/mol. The van der Waals surface area contributed by atoms with Crippen LogP contribution in [0.5, 0.6) is 0 Å². The molecular weight excluding hydrogens is 224 g/mol. The molecule has 0 spiro atoms. The Bertz CT molecular complexity index is 479. The maximum Gasteiger partial charge on any atom is 0.272 e. The smallest absolute Gasteiger partial charge is 0.272 e. The summed E-state index contributed by atoms with van der Waals surface area (Å²) >= 11 is 5.23. The predicted octanol–water partition coefficient (Wildman–Crippen LogP) is 3.71. The van der Waals surface area contributed by atoms with E-state index in [1.807, 2.05) is 0 Å². The van der Waals surface area contributed by atoms with Gasteiger partial charge >= 0.3 is 0 Å². The van der Waals surface area contributed by atoms with Crippen LogP contribution in [0.3, 0.4) is 0 Å². The highest BCUT2D eigenvalue weighted by atomic mass is 32.1. The lowest BCUT2D eigenvalue weighted by Crippen LogP contribution is -1.84. The molecule has 0 radical (unpaired) electrons. The maximum absolute atomic E-state index is 12.4. The number of thiol groups is 1. The fraction of sp³-hybridized carbons (Fsp3) is 0.111. The zero-order valence-corrected chi connectivity index (χ0v) is 8.71. The number of rotatable bonds is 1. The lowest BCUT2D eigenvalue weighted by atomic mass is 10.2. The average Bonchev–Trinajstić information content (AvgIpc) is 2.56. The molecule has 1 aromatic heterocycles. The van der Waals surface area contributed by atoms with E-state index in [-0.39, 0.29) is 4.88 Å². The number of hydrogen-bond donors (Lipinski definition) is 2. The van der Waals surface area contributed by atoms with Gasteiger partial charge in [-0.25, -0.2) is 8.78 Å². The molecular formula is C9H7F2NS2. The number of nitrogens with two attached hydrogens (primary N) is 1. The first-order valence-corrected chi connectivity index (χ1v) is 5.15. The van der Waals surface area contributed by atoms with Gasteiger partial charge in [0, 0.05) is 10.6 Å². The van der Waals surface area contributed by atoms with E-state index in [0.29, 0.717) is 10.6 Å². The highest BCUT2D eigenvalue weighted by molar-refractivity contribution is 7.81. The third-order valence-corrected chi connectivity index (χ3v) is 3.73. The number of alkyl halides is 2. The molecule has 0 fully saturated rings. The van der Waals surface area contributed by atoms with Crippen molar-refractivity contribution in [2.45, 2.75) is 11.3 Å². The van der Waals surface area contributed by atoms with Crippen LogP contribution in [0.2, 0.25) is 0 Å². The van der Waals surface area contributed by atoms with Crippen molar-refractivity contribution in [3.05, 3.63) is 23.1 Å². The van der Waals surface area contributed by atoms with Crippen molar-refractivity contribution in [1.82, 2.24) is 0 Å². The van der Waals surface area contributed by atoms with Crippen molar-refractivity contribution in [3.63, 3.8) is 0 Å². The molecule has 0 bridgehead atoms. The van der Waals surface area contributed by atoms with E-state index in [1.165, 1.54) is 6.07 Å². The first-order chi connectivity index (χ1) is 6.59. The van der Waals surface area contributed by atoms with Gasteiger partial charge in [0.1, 0.15) is 0 Å². The minimum absolute atomic E-state index is 0.0564. The van der Waals surface area contributed by atoms with Crippen LogP contribution >= 0.6 is 24.0 Å². The Hall–Kier alpha value is -0.810. The van der Waals surface area contributed by atoms with Crippen molar-refractivity contribution in [2.75, 3.05) is 5.73 Å². The van der Waals surface area contributed by atoms with Gasteiger partial charge in [-0.05, 0) is 17.5 Å². The Morgan fingerprint density at radius 2 is 2.07 bits per heavy atom. The summed E-state index contributed by atoms with van der Waals surface area (Å²) < 4.78 is 25.5. The zero-order chi connectivity index (χ0) is 10.3. The lowest BCUT2D eigenvalue weighted by Gasteiger charge is -1.98. The normalized spacial score (nSPS) is 11.4. The largest absolute Gasteiger partial charge is 0.398 e. The van der Waals surface area contributed by atoms with E-state index in [2.05, 4.69) is 12.6 Å². The third kappa shape index (κ3) is 1.46. The Morgan fingerprint density at radius 3 is 2.71 bits per heavy atom. The fourth-order valence-corrected chi connectivity index (χ4v) is 2.54. The van der Waals surface area contributed by atoms with Gasteiger partial charge in [0.15, 0.2) is 0 Å². The maximum atomic E-state index is 12.4. The van der Waals surface area contributed by atoms with Crippen LogP contribution in [-0.4, -0.2) is 0 Å². The Balaban J connectivity index is 2.71. The standard InChI is InChI=1S/C9H7F2NS2/c10-9(11)6-3-4-1-2-5(12)7(13)8(4)14-6/h1-3,9,13H,12H2. The monoisotopic (exact) mass is 231 g/mol. The number of anilines is 1. The van der Waals surface area contributed by atoms with Crippen LogP contribution in [0.4, 0.5) is 14.5 Å². The second-order valence-electron chi connectivity index (χ2n) is 2.87. The second-order valence-corrected chi connectivity index (χ2v) is 4.40. The molecule has 2 N–H and O–H groups in total. The summed E-state index contributed by atoms with van der Waals surface area (Å²) in [4.78, 5) is 0.639. The van der Waals surface area contributed by atoms with Gasteiger partial charge in [-0.1, -0.05) is 6.07 Å². The van der Waals surface area contributed by atoms with Crippen molar-refractivity contribution in [3.8, 4) is 0 Å². The van der Waals surface area contributed by atoms with E-state index in [9.17, 15) is 8.78 Å². The minimum atomic E-state index is -2.43. The third-order valence-electron chi connectivity index (χ3n) is 1.93. The predicted molar refractivity (Wildman–Crippen MR) is 58.4 cm³/mol. The van der Waals surface area contributed by atoms with Gasteiger partial charge < -0.3 is 5.73 Å². The summed E-state index contributed by atoms with van der Waals surface area (Å²) in [6.45, 7) is 0. The Kier molecular flexibility index (Phi) is 2.36. The molecule has 1 aromatic carbocycles. The van der Waals surface area contributed by atoms with E-state index >= 15 is 0 Å². The van der Waals surface area contributed by atoms with Crippen LogP contribution in [-0.2, 0) is 0 Å². The van der Waals surface area contributed by atoms with Crippen LogP contribution in [0.25, 0.3) is 10.1 Å². The lowest BCUT2D eigenvalue weighted by molar-refractivity contribution is 0.156. The summed E-state index contributed by atoms with van der Waals surface area (Å²) in [5.74, 6) is 0. The first kappa shape index (κ1) is 9.73. The number of benzene rings is 1. The molecule has 0 atom stereocenters. The van der Waals surface area contributed by atoms with Gasteiger partial charge in [-0.3, -0.25) is 0 Å². The molecule has 2 rings (SSSR count). The summed E-state index contributed by atoms with van der Waals surface area (Å²) in [5.41, 5.74) is 6.13. The van der Waals surface area contributed by atoms with Gasteiger partial charge in [0.05, 0.1) is 9.58 Å². The van der Waals surface area contributed by atoms with E-state index in [1.54, 1.807) is 12.1 Å². The molecule has 0 saturated heterocycles. The molecule has 0 aliphatic carbocycles. The van der Waals surface area contributed by atoms with Gasteiger partial charge in [-0.15, -0.1) is 24.0 Å². The molecule has 1 heterocycles. The van der Waals surface area contributed by atoms with Gasteiger partial charge in [-0.2, -0.15) is 0 Å². The van der Waals surface area contributed by atoms with Crippen LogP contribution in [0.1, 0.15) is 11.3 Å². The van der Waals surface area contributed by atoms with E-state index < -0.39 is 6.43 Å². The molecule has 0 aliphatic heterocycles. The molecule has 0 amide bonds. The molecule has 5 heteroatoms. The topological polar surface area (TPSA) is 26.0 Å². The molecule has 2 aromatic rings. The van der Waals surface area contributed by atoms with Crippen molar-refractivity contribution in [1.29, 1.82) is 0 Å². The summed E-state index contributed by atoms with van der Waals surface area (Å²) in [6, 6.07) is 4.88. The van der Waals surface area contributed by atoms with Crippen LogP contribution in [0.15, 0.2) is 23.1 Å². The fourth-order valence-electron chi connectivity index (χ4n) is 1.23. The quantitative estimate of drug-likeness (QED) is 0.568. The first-order valence-electron chi connectivity index (χ1n) is 3.88.